The molecule has 12 heavy (non-hydrogen) atoms. The van der Waals surface area contributed by atoms with Gasteiger partial charge in [0.1, 0.15) is 6.26 Å². The van der Waals surface area contributed by atoms with Gasteiger partial charge >= 0.3 is 0 Å². The molecule has 1 atom stereocenters. The summed E-state index contributed by atoms with van der Waals surface area (Å²) in [6.45, 7) is 0. The molecule has 0 radical (unpaired) electrons. The Bertz CT molecular complexity index is 311. The van der Waals surface area contributed by atoms with Crippen LogP contribution < -0.4 is 5.73 Å². The molecule has 3 heteroatoms. The molecule has 0 aliphatic carbocycles. The van der Waals surface area contributed by atoms with E-state index in [0.29, 0.717) is 0 Å². The minimum absolute atomic E-state index is 0.302. The Morgan fingerprint density at radius 1 is 1.33 bits per heavy atom. The molecule has 0 saturated carbocycles. The Kier molecular flexibility index (Phi) is 1.72. The molecule has 0 aromatic carbocycles. The van der Waals surface area contributed by atoms with Crippen molar-refractivity contribution >= 4 is 5.70 Å². The molecule has 0 saturated heterocycles. The molecule has 1 aromatic heterocycles. The third kappa shape index (κ3) is 1.26. The van der Waals surface area contributed by atoms with Gasteiger partial charge in [-0.3, -0.25) is 5.73 Å². The van der Waals surface area contributed by atoms with E-state index in [-0.39, 0.29) is 6.23 Å². The number of hydrogen-bond donors (Lipinski definition) is 1. The summed E-state index contributed by atoms with van der Waals surface area (Å²) in [5.74, 6) is 0. The van der Waals surface area contributed by atoms with Crippen LogP contribution in [-0.4, -0.2) is 10.8 Å². The Morgan fingerprint density at radius 2 is 2.08 bits per heavy atom. The van der Waals surface area contributed by atoms with Gasteiger partial charge in [0, 0.05) is 12.4 Å². The van der Waals surface area contributed by atoms with Crippen LogP contribution in [0.15, 0.2) is 42.9 Å². The van der Waals surface area contributed by atoms with E-state index in [0.717, 1.165) is 5.70 Å². The average Bonchev–Trinajstić information content (AvgIpc) is 2.58. The first-order chi connectivity index (χ1) is 5.86. The maximum absolute atomic E-state index is 5.49. The van der Waals surface area contributed by atoms with Crippen molar-refractivity contribution in [3.05, 3.63) is 42.9 Å². The largest absolute Gasteiger partial charge is 0.477 e. The molecule has 62 valence electrons. The van der Waals surface area contributed by atoms with Gasteiger partial charge in [-0.05, 0) is 24.3 Å². The molecule has 2 N–H and O–H groups in total. The average molecular weight is 162 g/mol. The monoisotopic (exact) mass is 162 g/mol. The summed E-state index contributed by atoms with van der Waals surface area (Å²) in [6.07, 6.45) is 9.02. The van der Waals surface area contributed by atoms with Crippen molar-refractivity contribution in [3.8, 4) is 0 Å². The van der Waals surface area contributed by atoms with E-state index in [1.807, 2.05) is 41.2 Å². The van der Waals surface area contributed by atoms with E-state index in [1.54, 1.807) is 6.26 Å². The van der Waals surface area contributed by atoms with E-state index in [2.05, 4.69) is 0 Å². The summed E-state index contributed by atoms with van der Waals surface area (Å²) in [4.78, 5) is 0. The molecule has 1 unspecified atom stereocenters. The van der Waals surface area contributed by atoms with Crippen LogP contribution in [0.5, 0.6) is 0 Å². The number of ether oxygens (including phenoxy) is 1. The second kappa shape index (κ2) is 2.87. The summed E-state index contributed by atoms with van der Waals surface area (Å²) >= 11 is 0. The minimum atomic E-state index is -0.302. The Hall–Kier alpha value is -1.48. The summed E-state index contributed by atoms with van der Waals surface area (Å²) in [5.41, 5.74) is 6.48. The molecule has 0 amide bonds. The van der Waals surface area contributed by atoms with Crippen LogP contribution in [0.1, 0.15) is 0 Å². The third-order valence-corrected chi connectivity index (χ3v) is 1.71. The molecule has 1 aliphatic heterocycles. The van der Waals surface area contributed by atoms with Crippen LogP contribution in [0, 0.1) is 0 Å². The number of nitrogens with zero attached hydrogens (tertiary/aromatic N) is 1. The van der Waals surface area contributed by atoms with Crippen molar-refractivity contribution in [1.29, 1.82) is 0 Å². The van der Waals surface area contributed by atoms with E-state index in [9.17, 15) is 0 Å². The summed E-state index contributed by atoms with van der Waals surface area (Å²) in [5, 5.41) is 0. The molecule has 2 rings (SSSR count). The number of rotatable bonds is 1. The second-order valence-electron chi connectivity index (χ2n) is 2.59. The number of nitrogens with two attached hydrogens (primary N) is 1. The second-order valence-corrected chi connectivity index (χ2v) is 2.59. The topological polar surface area (TPSA) is 40.2 Å². The lowest BCUT2D eigenvalue weighted by Crippen LogP contribution is -2.20. The van der Waals surface area contributed by atoms with Crippen LogP contribution in [0.4, 0.5) is 0 Å². The highest BCUT2D eigenvalue weighted by Crippen LogP contribution is 2.11. The molecule has 3 nitrogen and oxygen atoms in total. The van der Waals surface area contributed by atoms with E-state index in [1.165, 1.54) is 0 Å². The van der Waals surface area contributed by atoms with E-state index >= 15 is 0 Å². The zero-order valence-corrected chi connectivity index (χ0v) is 6.55. The highest BCUT2D eigenvalue weighted by molar-refractivity contribution is 5.57. The van der Waals surface area contributed by atoms with Gasteiger partial charge in [0.15, 0.2) is 6.23 Å². The molecule has 1 aromatic rings. The predicted molar refractivity (Wildman–Crippen MR) is 46.9 cm³/mol. The maximum atomic E-state index is 5.49. The van der Waals surface area contributed by atoms with Crippen LogP contribution in [-0.2, 0) is 4.74 Å². The first-order valence-electron chi connectivity index (χ1n) is 3.79. The van der Waals surface area contributed by atoms with Crippen molar-refractivity contribution in [2.75, 3.05) is 0 Å². The number of aromatic nitrogens is 1. The van der Waals surface area contributed by atoms with Crippen molar-refractivity contribution in [2.45, 2.75) is 6.23 Å². The van der Waals surface area contributed by atoms with Gasteiger partial charge in [0.25, 0.3) is 0 Å². The molecule has 0 fully saturated rings. The summed E-state index contributed by atoms with van der Waals surface area (Å²) in [6, 6.07) is 3.92. The van der Waals surface area contributed by atoms with Crippen LogP contribution >= 0.6 is 0 Å². The lowest BCUT2D eigenvalue weighted by Gasteiger charge is -2.13. The fraction of sp³-hybridized carbons (Fsp3) is 0.111. The van der Waals surface area contributed by atoms with Crippen LogP contribution in [0.3, 0.4) is 0 Å². The number of allylic oxidation sites excluding steroid dienone is 2. The Labute approximate surface area is 70.7 Å². The first-order valence-corrected chi connectivity index (χ1v) is 3.79. The zero-order chi connectivity index (χ0) is 8.39. The molecule has 2 heterocycles. The SMILES string of the molecule is NC1C=CC(n2cccc2)=CO1. The summed E-state index contributed by atoms with van der Waals surface area (Å²) in [7, 11) is 0. The van der Waals surface area contributed by atoms with Gasteiger partial charge in [-0.1, -0.05) is 0 Å². The fourth-order valence-electron chi connectivity index (χ4n) is 1.08. The third-order valence-electron chi connectivity index (χ3n) is 1.71. The molecular weight excluding hydrogens is 152 g/mol. The fourth-order valence-corrected chi connectivity index (χ4v) is 1.08. The van der Waals surface area contributed by atoms with Gasteiger partial charge in [0.05, 0.1) is 5.70 Å². The normalized spacial score (nSPS) is 21.8. The molecule has 0 bridgehead atoms. The van der Waals surface area contributed by atoms with Gasteiger partial charge in [-0.15, -0.1) is 0 Å². The number of hydrogen-bond acceptors (Lipinski definition) is 2. The van der Waals surface area contributed by atoms with Crippen molar-refractivity contribution < 1.29 is 4.74 Å². The standard InChI is InChI=1S/C9H10N2O/c10-9-4-3-8(7-12-9)11-5-1-2-6-11/h1-7,9H,10H2. The van der Waals surface area contributed by atoms with Gasteiger partial charge in [0.2, 0.25) is 0 Å². The highest BCUT2D eigenvalue weighted by atomic mass is 16.5. The van der Waals surface area contributed by atoms with Gasteiger partial charge in [-0.25, -0.2) is 0 Å². The molecule has 1 aliphatic rings. The Balaban J connectivity index is 2.23. The highest BCUT2D eigenvalue weighted by Gasteiger charge is 2.03. The van der Waals surface area contributed by atoms with E-state index < -0.39 is 0 Å². The minimum Gasteiger partial charge on any atom is -0.477 e. The quantitative estimate of drug-likeness (QED) is 0.673. The van der Waals surface area contributed by atoms with Crippen molar-refractivity contribution in [3.63, 3.8) is 0 Å². The lowest BCUT2D eigenvalue weighted by atomic mass is 10.3. The molecule has 0 spiro atoms. The van der Waals surface area contributed by atoms with Crippen LogP contribution in [0.25, 0.3) is 5.70 Å². The zero-order valence-electron chi connectivity index (χ0n) is 6.55. The van der Waals surface area contributed by atoms with Gasteiger partial charge in [-0.2, -0.15) is 0 Å². The van der Waals surface area contributed by atoms with Crippen molar-refractivity contribution in [1.82, 2.24) is 4.57 Å². The predicted octanol–water partition coefficient (Wildman–Crippen LogP) is 1.16. The van der Waals surface area contributed by atoms with Gasteiger partial charge < -0.3 is 9.30 Å². The first kappa shape index (κ1) is 7.18. The van der Waals surface area contributed by atoms with Crippen LogP contribution in [0.2, 0.25) is 0 Å². The Morgan fingerprint density at radius 3 is 2.67 bits per heavy atom. The molecular formula is C9H10N2O. The van der Waals surface area contributed by atoms with Crippen molar-refractivity contribution in [2.24, 2.45) is 5.73 Å². The van der Waals surface area contributed by atoms with E-state index in [4.69, 9.17) is 10.5 Å². The lowest BCUT2D eigenvalue weighted by molar-refractivity contribution is 0.190. The summed E-state index contributed by atoms with van der Waals surface area (Å²) < 4.78 is 7.08. The maximum Gasteiger partial charge on any atom is 0.166 e. The smallest absolute Gasteiger partial charge is 0.166 e.